The molecule has 3 N–H and O–H groups in total. The Bertz CT molecular complexity index is 595. The lowest BCUT2D eigenvalue weighted by Crippen LogP contribution is -2.12. The van der Waals surface area contributed by atoms with Crippen LogP contribution in [0.25, 0.3) is 0 Å². The number of nitrogens with two attached hydrogens (primary N) is 1. The van der Waals surface area contributed by atoms with E-state index in [4.69, 9.17) is 5.73 Å². The van der Waals surface area contributed by atoms with Gasteiger partial charge in [0.25, 0.3) is 0 Å². The fourth-order valence-corrected chi connectivity index (χ4v) is 1.61. The zero-order chi connectivity index (χ0) is 13.8. The van der Waals surface area contributed by atoms with Crippen molar-refractivity contribution < 1.29 is 4.92 Å². The van der Waals surface area contributed by atoms with E-state index < -0.39 is 4.92 Å². The number of rotatable bonds is 5. The van der Waals surface area contributed by atoms with Crippen molar-refractivity contribution in [2.24, 2.45) is 0 Å². The summed E-state index contributed by atoms with van der Waals surface area (Å²) in [6.45, 7) is 3.24. The third-order valence-corrected chi connectivity index (χ3v) is 2.51. The lowest BCUT2D eigenvalue weighted by atomic mass is 10.4. The molecule has 19 heavy (non-hydrogen) atoms. The highest BCUT2D eigenvalue weighted by atomic mass is 16.6. The van der Waals surface area contributed by atoms with Gasteiger partial charge in [-0.25, -0.2) is 4.98 Å². The average molecular weight is 262 g/mol. The van der Waals surface area contributed by atoms with Crippen LogP contribution in [0.1, 0.15) is 5.56 Å². The molecule has 0 aliphatic rings. The first kappa shape index (κ1) is 12.8. The van der Waals surface area contributed by atoms with Crippen LogP contribution in [-0.4, -0.2) is 26.2 Å². The monoisotopic (exact) mass is 262 g/mol. The van der Waals surface area contributed by atoms with E-state index in [1.807, 2.05) is 13.1 Å². The van der Waals surface area contributed by atoms with Gasteiger partial charge in [-0.1, -0.05) is 0 Å². The Hall–Kier alpha value is -2.64. The Morgan fingerprint density at radius 2 is 2.32 bits per heavy atom. The van der Waals surface area contributed by atoms with Crippen LogP contribution in [0, 0.1) is 17.0 Å². The Kier molecular flexibility index (Phi) is 3.60. The van der Waals surface area contributed by atoms with Gasteiger partial charge in [0.15, 0.2) is 0 Å². The van der Waals surface area contributed by atoms with Gasteiger partial charge in [-0.3, -0.25) is 14.8 Å². The highest BCUT2D eigenvalue weighted by Gasteiger charge is 2.12. The van der Waals surface area contributed by atoms with Crippen LogP contribution < -0.4 is 11.1 Å². The second kappa shape index (κ2) is 5.34. The topological polar surface area (TPSA) is 112 Å². The predicted octanol–water partition coefficient (Wildman–Crippen LogP) is 1.19. The minimum absolute atomic E-state index is 0.0927. The van der Waals surface area contributed by atoms with Crippen LogP contribution in [0.4, 0.5) is 17.3 Å². The van der Waals surface area contributed by atoms with E-state index in [-0.39, 0.29) is 11.5 Å². The number of nitrogens with zero attached hydrogens (tertiary/aromatic N) is 4. The molecule has 0 spiro atoms. The number of nitrogen functional groups attached to an aromatic ring is 1. The van der Waals surface area contributed by atoms with E-state index in [1.54, 1.807) is 10.9 Å². The molecule has 2 heterocycles. The third kappa shape index (κ3) is 3.18. The Morgan fingerprint density at radius 3 is 2.89 bits per heavy atom. The molecule has 0 atom stereocenters. The van der Waals surface area contributed by atoms with Gasteiger partial charge in [-0.05, 0) is 18.6 Å². The number of anilines is 2. The number of aryl methyl sites for hydroxylation is 1. The summed E-state index contributed by atoms with van der Waals surface area (Å²) in [4.78, 5) is 14.0. The van der Waals surface area contributed by atoms with Gasteiger partial charge in [0, 0.05) is 18.8 Å². The first-order chi connectivity index (χ1) is 9.06. The van der Waals surface area contributed by atoms with Crippen molar-refractivity contribution in [2.75, 3.05) is 17.6 Å². The number of hydrogen-bond acceptors (Lipinski definition) is 6. The predicted molar refractivity (Wildman–Crippen MR) is 70.8 cm³/mol. The van der Waals surface area contributed by atoms with Gasteiger partial charge < -0.3 is 11.1 Å². The van der Waals surface area contributed by atoms with E-state index in [1.165, 1.54) is 12.1 Å². The number of nitro groups is 1. The van der Waals surface area contributed by atoms with Crippen LogP contribution in [0.3, 0.4) is 0 Å². The summed E-state index contributed by atoms with van der Waals surface area (Å²) in [5.74, 6) is 0.414. The maximum absolute atomic E-state index is 10.6. The van der Waals surface area contributed by atoms with Crippen molar-refractivity contribution in [1.82, 2.24) is 14.8 Å². The van der Waals surface area contributed by atoms with Crippen LogP contribution >= 0.6 is 0 Å². The lowest BCUT2D eigenvalue weighted by Gasteiger charge is -2.06. The highest BCUT2D eigenvalue weighted by Crippen LogP contribution is 2.20. The van der Waals surface area contributed by atoms with Crippen molar-refractivity contribution in [1.29, 1.82) is 0 Å². The molecule has 0 amide bonds. The highest BCUT2D eigenvalue weighted by molar-refractivity contribution is 5.57. The first-order valence-electron chi connectivity index (χ1n) is 5.70. The molecule has 0 radical (unpaired) electrons. The van der Waals surface area contributed by atoms with Crippen LogP contribution in [-0.2, 0) is 6.54 Å². The molecule has 0 aliphatic heterocycles. The molecule has 0 aliphatic carbocycles. The third-order valence-electron chi connectivity index (χ3n) is 2.51. The zero-order valence-corrected chi connectivity index (χ0v) is 10.4. The summed E-state index contributed by atoms with van der Waals surface area (Å²) in [5, 5.41) is 17.8. The number of pyridine rings is 1. The molecule has 8 nitrogen and oxygen atoms in total. The summed E-state index contributed by atoms with van der Waals surface area (Å²) in [5.41, 5.74) is 6.41. The maximum atomic E-state index is 10.6. The maximum Gasteiger partial charge on any atom is 0.311 e. The minimum atomic E-state index is -0.557. The molecule has 0 aromatic carbocycles. The molecule has 0 saturated carbocycles. The molecule has 100 valence electrons. The largest absolute Gasteiger partial charge is 0.378 e. The van der Waals surface area contributed by atoms with Crippen molar-refractivity contribution >= 4 is 17.3 Å². The number of aromatic nitrogens is 3. The molecule has 0 saturated heterocycles. The SMILES string of the molecule is Cc1cnn(CCNc2ccc([N+](=O)[O-])c(N)n2)c1. The fourth-order valence-electron chi connectivity index (χ4n) is 1.61. The number of hydrogen-bond donors (Lipinski definition) is 2. The summed E-state index contributed by atoms with van der Waals surface area (Å²) in [6, 6.07) is 2.87. The lowest BCUT2D eigenvalue weighted by molar-refractivity contribution is -0.384. The molecular weight excluding hydrogens is 248 g/mol. The van der Waals surface area contributed by atoms with Crippen LogP contribution in [0.5, 0.6) is 0 Å². The Labute approximate surface area is 109 Å². The summed E-state index contributed by atoms with van der Waals surface area (Å²) in [6.07, 6.45) is 3.71. The van der Waals surface area contributed by atoms with Gasteiger partial charge in [0.1, 0.15) is 5.82 Å². The second-order valence-electron chi connectivity index (χ2n) is 4.07. The van der Waals surface area contributed by atoms with E-state index in [0.717, 1.165) is 5.56 Å². The van der Waals surface area contributed by atoms with Crippen molar-refractivity contribution in [3.05, 3.63) is 40.2 Å². The molecule has 0 bridgehead atoms. The molecule has 0 unspecified atom stereocenters. The van der Waals surface area contributed by atoms with Gasteiger partial charge in [-0.2, -0.15) is 5.10 Å². The Balaban J connectivity index is 1.93. The van der Waals surface area contributed by atoms with Gasteiger partial charge in [0.2, 0.25) is 5.82 Å². The molecule has 0 fully saturated rings. The summed E-state index contributed by atoms with van der Waals surface area (Å²) < 4.78 is 1.80. The zero-order valence-electron chi connectivity index (χ0n) is 10.4. The fraction of sp³-hybridized carbons (Fsp3) is 0.273. The number of nitrogens with one attached hydrogen (secondary N) is 1. The Morgan fingerprint density at radius 1 is 1.53 bits per heavy atom. The molecular formula is C11H14N6O2. The molecule has 2 aromatic heterocycles. The molecule has 2 aromatic rings. The summed E-state index contributed by atoms with van der Waals surface area (Å²) >= 11 is 0. The van der Waals surface area contributed by atoms with E-state index in [2.05, 4.69) is 15.4 Å². The average Bonchev–Trinajstić information content (AvgIpc) is 2.75. The second-order valence-corrected chi connectivity index (χ2v) is 4.07. The van der Waals surface area contributed by atoms with Gasteiger partial charge in [0.05, 0.1) is 17.7 Å². The normalized spacial score (nSPS) is 10.4. The quantitative estimate of drug-likeness (QED) is 0.618. The van der Waals surface area contributed by atoms with E-state index in [0.29, 0.717) is 18.9 Å². The standard InChI is InChI=1S/C11H14N6O2/c1-8-6-14-16(7-8)5-4-13-10-3-2-9(17(18)19)11(12)15-10/h2-3,6-7H,4-5H2,1H3,(H3,12,13,15). The van der Waals surface area contributed by atoms with Gasteiger partial charge in [-0.15, -0.1) is 0 Å². The first-order valence-corrected chi connectivity index (χ1v) is 5.70. The van der Waals surface area contributed by atoms with E-state index in [9.17, 15) is 10.1 Å². The smallest absolute Gasteiger partial charge is 0.311 e. The van der Waals surface area contributed by atoms with Crippen molar-refractivity contribution in [2.45, 2.75) is 13.5 Å². The van der Waals surface area contributed by atoms with E-state index >= 15 is 0 Å². The van der Waals surface area contributed by atoms with Crippen molar-refractivity contribution in [3.63, 3.8) is 0 Å². The molecule has 2 rings (SSSR count). The van der Waals surface area contributed by atoms with Crippen LogP contribution in [0.15, 0.2) is 24.5 Å². The van der Waals surface area contributed by atoms with Gasteiger partial charge >= 0.3 is 5.69 Å². The molecule has 8 heteroatoms. The summed E-state index contributed by atoms with van der Waals surface area (Å²) in [7, 11) is 0. The van der Waals surface area contributed by atoms with Crippen LogP contribution in [0.2, 0.25) is 0 Å². The van der Waals surface area contributed by atoms with Crippen molar-refractivity contribution in [3.8, 4) is 0 Å². The minimum Gasteiger partial charge on any atom is -0.378 e.